The van der Waals surface area contributed by atoms with Gasteiger partial charge in [-0.25, -0.2) is 9.78 Å². The first kappa shape index (κ1) is 21.2. The van der Waals surface area contributed by atoms with Gasteiger partial charge in [0.25, 0.3) is 5.91 Å². The first-order valence-corrected chi connectivity index (χ1v) is 10.5. The Kier molecular flexibility index (Phi) is 5.99. The van der Waals surface area contributed by atoms with Crippen LogP contribution in [0, 0.1) is 13.8 Å². The average Bonchev–Trinajstić information content (AvgIpc) is 2.80. The highest BCUT2D eigenvalue weighted by Gasteiger charge is 2.18. The molecule has 1 aromatic heterocycles. The van der Waals surface area contributed by atoms with E-state index in [1.165, 1.54) is 5.56 Å². The number of carbonyl (C=O) groups is 2. The predicted octanol–water partition coefficient (Wildman–Crippen LogP) is 5.95. The van der Waals surface area contributed by atoms with Crippen molar-refractivity contribution in [1.82, 2.24) is 4.98 Å². The number of rotatable bonds is 5. The molecule has 32 heavy (non-hydrogen) atoms. The summed E-state index contributed by atoms with van der Waals surface area (Å²) < 4.78 is 5.12. The van der Waals surface area contributed by atoms with Gasteiger partial charge < -0.3 is 10.1 Å². The zero-order valence-electron chi connectivity index (χ0n) is 18.3. The van der Waals surface area contributed by atoms with Crippen LogP contribution in [-0.4, -0.2) is 23.5 Å². The smallest absolute Gasteiger partial charge is 0.340 e. The average molecular weight is 425 g/mol. The molecule has 5 heteroatoms. The van der Waals surface area contributed by atoms with Crippen molar-refractivity contribution < 1.29 is 14.3 Å². The van der Waals surface area contributed by atoms with Crippen molar-refractivity contribution in [3.63, 3.8) is 0 Å². The Morgan fingerprint density at radius 3 is 2.41 bits per heavy atom. The fourth-order valence-electron chi connectivity index (χ4n) is 3.58. The van der Waals surface area contributed by atoms with Crippen molar-refractivity contribution in [3.05, 3.63) is 95.1 Å². The zero-order chi connectivity index (χ0) is 22.7. The lowest BCUT2D eigenvalue weighted by molar-refractivity contribution is 0.0527. The fraction of sp³-hybridized carbons (Fsp3) is 0.148. The SMILES string of the molecule is CCOC(=O)c1ccccc1NC(=O)c1cc(-c2ccc(C)c(C)c2)nc2ccccc12. The maximum absolute atomic E-state index is 13.4. The second-order valence-corrected chi connectivity index (χ2v) is 7.59. The van der Waals surface area contributed by atoms with Crippen LogP contribution in [0.3, 0.4) is 0 Å². The van der Waals surface area contributed by atoms with Crippen LogP contribution in [0.1, 0.15) is 38.8 Å². The highest BCUT2D eigenvalue weighted by atomic mass is 16.5. The van der Waals surface area contributed by atoms with Crippen LogP contribution in [0.25, 0.3) is 22.2 Å². The summed E-state index contributed by atoms with van der Waals surface area (Å²) in [5, 5.41) is 3.63. The molecule has 3 aromatic carbocycles. The van der Waals surface area contributed by atoms with Crippen molar-refractivity contribution >= 4 is 28.5 Å². The van der Waals surface area contributed by atoms with Crippen LogP contribution in [0.4, 0.5) is 5.69 Å². The van der Waals surface area contributed by atoms with Crippen LogP contribution in [0.2, 0.25) is 0 Å². The lowest BCUT2D eigenvalue weighted by Crippen LogP contribution is -2.16. The van der Waals surface area contributed by atoms with E-state index in [0.717, 1.165) is 27.7 Å². The molecule has 1 amide bonds. The molecule has 1 N–H and O–H groups in total. The molecular weight excluding hydrogens is 400 g/mol. The van der Waals surface area contributed by atoms with Crippen LogP contribution in [0.5, 0.6) is 0 Å². The van der Waals surface area contributed by atoms with E-state index in [2.05, 4.69) is 31.3 Å². The normalized spacial score (nSPS) is 10.7. The number of aromatic nitrogens is 1. The van der Waals surface area contributed by atoms with Crippen molar-refractivity contribution in [2.24, 2.45) is 0 Å². The third kappa shape index (κ3) is 4.23. The summed E-state index contributed by atoms with van der Waals surface area (Å²) in [7, 11) is 0. The van der Waals surface area contributed by atoms with E-state index in [1.54, 1.807) is 37.3 Å². The van der Waals surface area contributed by atoms with E-state index in [0.29, 0.717) is 16.8 Å². The second-order valence-electron chi connectivity index (χ2n) is 7.59. The van der Waals surface area contributed by atoms with Gasteiger partial charge in [0.15, 0.2) is 0 Å². The lowest BCUT2D eigenvalue weighted by Gasteiger charge is -2.13. The first-order chi connectivity index (χ1) is 15.5. The number of amides is 1. The number of aryl methyl sites for hydroxylation is 2. The monoisotopic (exact) mass is 424 g/mol. The summed E-state index contributed by atoms with van der Waals surface area (Å²) in [5.41, 5.74) is 5.96. The number of nitrogens with one attached hydrogen (secondary N) is 1. The molecule has 4 rings (SSSR count). The van der Waals surface area contributed by atoms with Crippen molar-refractivity contribution in [2.75, 3.05) is 11.9 Å². The van der Waals surface area contributed by atoms with E-state index in [4.69, 9.17) is 9.72 Å². The number of esters is 1. The largest absolute Gasteiger partial charge is 0.462 e. The molecule has 1 heterocycles. The number of benzene rings is 3. The Morgan fingerprint density at radius 1 is 0.875 bits per heavy atom. The number of fused-ring (bicyclic) bond motifs is 1. The molecule has 5 nitrogen and oxygen atoms in total. The molecule has 0 spiro atoms. The molecule has 0 fully saturated rings. The third-order valence-corrected chi connectivity index (χ3v) is 5.43. The van der Waals surface area contributed by atoms with Gasteiger partial charge in [-0.2, -0.15) is 0 Å². The van der Waals surface area contributed by atoms with Gasteiger partial charge in [-0.15, -0.1) is 0 Å². The highest BCUT2D eigenvalue weighted by Crippen LogP contribution is 2.27. The van der Waals surface area contributed by atoms with Gasteiger partial charge in [-0.1, -0.05) is 42.5 Å². The summed E-state index contributed by atoms with van der Waals surface area (Å²) in [4.78, 5) is 30.5. The number of ether oxygens (including phenoxy) is 1. The van der Waals surface area contributed by atoms with Crippen molar-refractivity contribution in [2.45, 2.75) is 20.8 Å². The van der Waals surface area contributed by atoms with Gasteiger partial charge in [-0.3, -0.25) is 4.79 Å². The predicted molar refractivity (Wildman–Crippen MR) is 127 cm³/mol. The Hall–Kier alpha value is -3.99. The molecule has 0 aliphatic rings. The number of hydrogen-bond acceptors (Lipinski definition) is 4. The van der Waals surface area contributed by atoms with Gasteiger partial charge in [0, 0.05) is 10.9 Å². The number of pyridine rings is 1. The molecule has 0 unspecified atom stereocenters. The summed E-state index contributed by atoms with van der Waals surface area (Å²) in [5.74, 6) is -0.788. The molecule has 0 saturated carbocycles. The maximum Gasteiger partial charge on any atom is 0.340 e. The zero-order valence-corrected chi connectivity index (χ0v) is 18.3. The summed E-state index contributed by atoms with van der Waals surface area (Å²) in [6, 6.07) is 22.3. The molecule has 0 bridgehead atoms. The number of nitrogens with zero attached hydrogens (tertiary/aromatic N) is 1. The molecule has 4 aromatic rings. The molecule has 0 atom stereocenters. The Bertz CT molecular complexity index is 1330. The van der Waals surface area contributed by atoms with Gasteiger partial charge >= 0.3 is 5.97 Å². The van der Waals surface area contributed by atoms with E-state index in [-0.39, 0.29) is 12.5 Å². The van der Waals surface area contributed by atoms with Crippen LogP contribution >= 0.6 is 0 Å². The van der Waals surface area contributed by atoms with Crippen molar-refractivity contribution in [3.8, 4) is 11.3 Å². The van der Waals surface area contributed by atoms with Crippen molar-refractivity contribution in [1.29, 1.82) is 0 Å². The minimum atomic E-state index is -0.473. The van der Waals surface area contributed by atoms with E-state index >= 15 is 0 Å². The minimum absolute atomic E-state index is 0.259. The fourth-order valence-corrected chi connectivity index (χ4v) is 3.58. The Morgan fingerprint density at radius 2 is 1.62 bits per heavy atom. The molecule has 160 valence electrons. The maximum atomic E-state index is 13.4. The van der Waals surface area contributed by atoms with Crippen LogP contribution in [-0.2, 0) is 4.74 Å². The summed E-state index contributed by atoms with van der Waals surface area (Å²) in [6.07, 6.45) is 0. The Labute approximate surface area is 187 Å². The number of anilines is 1. The topological polar surface area (TPSA) is 68.3 Å². The van der Waals surface area contributed by atoms with Gasteiger partial charge in [-0.05, 0) is 62.2 Å². The van der Waals surface area contributed by atoms with E-state index < -0.39 is 5.97 Å². The number of hydrogen-bond donors (Lipinski definition) is 1. The molecule has 0 radical (unpaired) electrons. The quantitative estimate of drug-likeness (QED) is 0.402. The summed E-state index contributed by atoms with van der Waals surface area (Å²) in [6.45, 7) is 6.12. The number of carbonyl (C=O) groups excluding carboxylic acids is 2. The Balaban J connectivity index is 1.78. The first-order valence-electron chi connectivity index (χ1n) is 10.5. The molecular formula is C27H24N2O3. The van der Waals surface area contributed by atoms with Crippen LogP contribution < -0.4 is 5.32 Å². The van der Waals surface area contributed by atoms with E-state index in [9.17, 15) is 9.59 Å². The minimum Gasteiger partial charge on any atom is -0.462 e. The van der Waals surface area contributed by atoms with E-state index in [1.807, 2.05) is 30.3 Å². The van der Waals surface area contributed by atoms with Gasteiger partial charge in [0.05, 0.1) is 34.6 Å². The molecule has 0 aliphatic carbocycles. The summed E-state index contributed by atoms with van der Waals surface area (Å²) >= 11 is 0. The van der Waals surface area contributed by atoms with Gasteiger partial charge in [0.2, 0.25) is 0 Å². The molecule has 0 saturated heterocycles. The third-order valence-electron chi connectivity index (χ3n) is 5.43. The van der Waals surface area contributed by atoms with Gasteiger partial charge in [0.1, 0.15) is 0 Å². The molecule has 0 aliphatic heterocycles. The number of para-hydroxylation sites is 2. The standard InChI is InChI=1S/C27H24N2O3/c1-4-32-27(31)21-10-6-8-12-24(21)29-26(30)22-16-25(19-14-13-17(2)18(3)15-19)28-23-11-7-5-9-20(22)23/h5-16H,4H2,1-3H3,(H,29,30). The highest BCUT2D eigenvalue weighted by molar-refractivity contribution is 6.14. The second kappa shape index (κ2) is 9.02. The lowest BCUT2D eigenvalue weighted by atomic mass is 10.0. The van der Waals surface area contributed by atoms with Crippen LogP contribution in [0.15, 0.2) is 72.8 Å².